The van der Waals surface area contributed by atoms with Crippen molar-refractivity contribution in [1.82, 2.24) is 9.88 Å². The molecule has 1 aromatic heterocycles. The number of nitrogens with zero attached hydrogens (tertiary/aromatic N) is 2. The van der Waals surface area contributed by atoms with Crippen molar-refractivity contribution in [2.24, 2.45) is 11.8 Å². The Hall–Kier alpha value is -3.18. The first-order chi connectivity index (χ1) is 15.9. The molecule has 0 radical (unpaired) electrons. The molecule has 1 unspecified atom stereocenters. The normalized spacial score (nSPS) is 12.2. The number of ether oxygens (including phenoxy) is 1. The van der Waals surface area contributed by atoms with Crippen LogP contribution in [0, 0.1) is 18.8 Å². The molecule has 5 nitrogen and oxygen atoms in total. The van der Waals surface area contributed by atoms with Crippen LogP contribution in [0.3, 0.4) is 0 Å². The van der Waals surface area contributed by atoms with E-state index in [1.165, 1.54) is 5.56 Å². The molecule has 0 aliphatic rings. The van der Waals surface area contributed by atoms with Crippen LogP contribution >= 0.6 is 0 Å². The summed E-state index contributed by atoms with van der Waals surface area (Å²) in [6, 6.07) is 22.3. The number of rotatable bonds is 12. The molecule has 3 aromatic rings. The Morgan fingerprint density at radius 3 is 2.52 bits per heavy atom. The highest BCUT2D eigenvalue weighted by atomic mass is 16.5. The maximum absolute atomic E-state index is 11.7. The van der Waals surface area contributed by atoms with Crippen molar-refractivity contribution in [1.29, 1.82) is 0 Å². The highest BCUT2D eigenvalue weighted by Gasteiger charge is 2.23. The number of para-hydroxylation sites is 1. The average Bonchev–Trinajstić information content (AvgIpc) is 2.79. The van der Waals surface area contributed by atoms with Crippen molar-refractivity contribution in [3.63, 3.8) is 0 Å². The predicted octanol–water partition coefficient (Wildman–Crippen LogP) is 5.72. The first-order valence-electron chi connectivity index (χ1n) is 11.5. The molecule has 0 saturated carbocycles. The standard InChI is InChI=1S/C28H34N2O3/c1-21(2)26(28(31)32)14-16-30(19-25-12-6-7-15-29-25)18-24-11-4-5-13-27(24)33-20-23-10-8-9-22(3)17-23/h4-13,15,17,21,26H,14,16,18-20H2,1-3H3,(H,31,32). The zero-order valence-electron chi connectivity index (χ0n) is 19.8. The Balaban J connectivity index is 1.74. The van der Waals surface area contributed by atoms with Crippen LogP contribution in [-0.4, -0.2) is 27.5 Å². The lowest BCUT2D eigenvalue weighted by Gasteiger charge is -2.26. The van der Waals surface area contributed by atoms with E-state index in [0.717, 1.165) is 22.6 Å². The van der Waals surface area contributed by atoms with Crippen molar-refractivity contribution in [2.75, 3.05) is 6.54 Å². The third-order valence-corrected chi connectivity index (χ3v) is 5.83. The zero-order valence-corrected chi connectivity index (χ0v) is 19.8. The first-order valence-corrected chi connectivity index (χ1v) is 11.5. The van der Waals surface area contributed by atoms with E-state index in [-0.39, 0.29) is 11.8 Å². The van der Waals surface area contributed by atoms with Gasteiger partial charge in [0.1, 0.15) is 12.4 Å². The van der Waals surface area contributed by atoms with Crippen LogP contribution in [0.5, 0.6) is 5.75 Å². The summed E-state index contributed by atoms with van der Waals surface area (Å²) in [5.74, 6) is -0.165. The summed E-state index contributed by atoms with van der Waals surface area (Å²) >= 11 is 0. The fourth-order valence-corrected chi connectivity index (χ4v) is 3.98. The molecular weight excluding hydrogens is 412 g/mol. The molecule has 1 atom stereocenters. The molecule has 0 amide bonds. The van der Waals surface area contributed by atoms with Crippen LogP contribution in [0.2, 0.25) is 0 Å². The summed E-state index contributed by atoms with van der Waals surface area (Å²) < 4.78 is 6.19. The molecule has 0 aliphatic carbocycles. The molecular formula is C28H34N2O3. The van der Waals surface area contributed by atoms with E-state index < -0.39 is 5.97 Å². The number of benzene rings is 2. The molecule has 0 fully saturated rings. The summed E-state index contributed by atoms with van der Waals surface area (Å²) in [4.78, 5) is 18.5. The van der Waals surface area contributed by atoms with Gasteiger partial charge in [-0.3, -0.25) is 14.7 Å². The van der Waals surface area contributed by atoms with E-state index in [2.05, 4.69) is 41.1 Å². The van der Waals surface area contributed by atoms with Gasteiger partial charge in [0.25, 0.3) is 0 Å². The highest BCUT2D eigenvalue weighted by molar-refractivity contribution is 5.70. The lowest BCUT2D eigenvalue weighted by molar-refractivity contribution is -0.143. The van der Waals surface area contributed by atoms with E-state index >= 15 is 0 Å². The largest absolute Gasteiger partial charge is 0.489 e. The minimum absolute atomic E-state index is 0.0872. The lowest BCUT2D eigenvalue weighted by Crippen LogP contribution is -2.29. The van der Waals surface area contributed by atoms with Crippen LogP contribution in [0.25, 0.3) is 0 Å². The summed E-state index contributed by atoms with van der Waals surface area (Å²) in [6.07, 6.45) is 2.38. The number of aromatic nitrogens is 1. The van der Waals surface area contributed by atoms with Crippen LogP contribution < -0.4 is 4.74 Å². The van der Waals surface area contributed by atoms with Gasteiger partial charge in [0, 0.05) is 24.8 Å². The minimum atomic E-state index is -0.732. The quantitative estimate of drug-likeness (QED) is 0.386. The molecule has 0 aliphatic heterocycles. The number of carboxylic acid groups (broad SMARTS) is 1. The molecule has 174 valence electrons. The second-order valence-electron chi connectivity index (χ2n) is 8.89. The van der Waals surface area contributed by atoms with Gasteiger partial charge in [-0.2, -0.15) is 0 Å². The SMILES string of the molecule is Cc1cccc(COc2ccccc2CN(CCC(C(=O)O)C(C)C)Cc2ccccn2)c1. The first kappa shape index (κ1) is 24.5. The number of aliphatic carboxylic acids is 1. The number of pyridine rings is 1. The van der Waals surface area contributed by atoms with E-state index in [1.807, 2.05) is 56.3 Å². The smallest absolute Gasteiger partial charge is 0.306 e. The molecule has 0 saturated heterocycles. The van der Waals surface area contributed by atoms with Gasteiger partial charge in [-0.25, -0.2) is 0 Å². The van der Waals surface area contributed by atoms with Crippen molar-refractivity contribution in [2.45, 2.75) is 46.9 Å². The number of hydrogen-bond donors (Lipinski definition) is 1. The Kier molecular flexibility index (Phi) is 9.02. The average molecular weight is 447 g/mol. The third kappa shape index (κ3) is 7.72. The Morgan fingerprint density at radius 1 is 1.03 bits per heavy atom. The highest BCUT2D eigenvalue weighted by Crippen LogP contribution is 2.24. The number of carboxylic acids is 1. The summed E-state index contributed by atoms with van der Waals surface area (Å²) in [5.41, 5.74) is 4.39. The topological polar surface area (TPSA) is 62.7 Å². The van der Waals surface area contributed by atoms with Crippen LogP contribution in [0.4, 0.5) is 0 Å². The number of carbonyl (C=O) groups is 1. The summed E-state index contributed by atoms with van der Waals surface area (Å²) in [5, 5.41) is 9.63. The van der Waals surface area contributed by atoms with Gasteiger partial charge in [-0.1, -0.05) is 67.9 Å². The molecule has 0 bridgehead atoms. The number of aryl methyl sites for hydroxylation is 1. The zero-order chi connectivity index (χ0) is 23.6. The molecule has 1 N–H and O–H groups in total. The predicted molar refractivity (Wildman–Crippen MR) is 131 cm³/mol. The molecule has 3 rings (SSSR count). The van der Waals surface area contributed by atoms with Gasteiger partial charge in [0.2, 0.25) is 0 Å². The maximum atomic E-state index is 11.7. The monoisotopic (exact) mass is 446 g/mol. The van der Waals surface area contributed by atoms with Gasteiger partial charge in [-0.15, -0.1) is 0 Å². The van der Waals surface area contributed by atoms with E-state index in [9.17, 15) is 9.90 Å². The molecule has 0 spiro atoms. The van der Waals surface area contributed by atoms with Crippen molar-refractivity contribution < 1.29 is 14.6 Å². The molecule has 1 heterocycles. The van der Waals surface area contributed by atoms with E-state index in [0.29, 0.717) is 32.7 Å². The van der Waals surface area contributed by atoms with Crippen LogP contribution in [-0.2, 0) is 24.5 Å². The fraction of sp³-hybridized carbons (Fsp3) is 0.357. The minimum Gasteiger partial charge on any atom is -0.489 e. The van der Waals surface area contributed by atoms with E-state index in [1.54, 1.807) is 6.20 Å². The van der Waals surface area contributed by atoms with Crippen LogP contribution in [0.15, 0.2) is 72.9 Å². The molecule has 5 heteroatoms. The molecule has 33 heavy (non-hydrogen) atoms. The van der Waals surface area contributed by atoms with Crippen molar-refractivity contribution in [3.05, 3.63) is 95.3 Å². The summed E-state index contributed by atoms with van der Waals surface area (Å²) in [6.45, 7) is 8.49. The van der Waals surface area contributed by atoms with Gasteiger partial charge < -0.3 is 9.84 Å². The Morgan fingerprint density at radius 2 is 1.82 bits per heavy atom. The summed E-state index contributed by atoms with van der Waals surface area (Å²) in [7, 11) is 0. The van der Waals surface area contributed by atoms with Crippen molar-refractivity contribution >= 4 is 5.97 Å². The van der Waals surface area contributed by atoms with Gasteiger partial charge in [0.05, 0.1) is 11.6 Å². The fourth-order valence-electron chi connectivity index (χ4n) is 3.98. The van der Waals surface area contributed by atoms with Gasteiger partial charge in [0.15, 0.2) is 0 Å². The van der Waals surface area contributed by atoms with Gasteiger partial charge >= 0.3 is 5.97 Å². The second-order valence-corrected chi connectivity index (χ2v) is 8.89. The second kappa shape index (κ2) is 12.2. The van der Waals surface area contributed by atoms with Crippen LogP contribution in [0.1, 0.15) is 42.7 Å². The van der Waals surface area contributed by atoms with Gasteiger partial charge in [-0.05, 0) is 49.6 Å². The Labute approximate surface area is 197 Å². The third-order valence-electron chi connectivity index (χ3n) is 5.83. The number of hydrogen-bond acceptors (Lipinski definition) is 4. The maximum Gasteiger partial charge on any atom is 0.306 e. The lowest BCUT2D eigenvalue weighted by atomic mass is 9.92. The van der Waals surface area contributed by atoms with Crippen molar-refractivity contribution in [3.8, 4) is 5.75 Å². The molecule has 2 aromatic carbocycles. The Bertz CT molecular complexity index is 1020. The van der Waals surface area contributed by atoms with E-state index in [4.69, 9.17) is 4.74 Å².